The van der Waals surface area contributed by atoms with Crippen LogP contribution in [-0.4, -0.2) is 78.6 Å². The van der Waals surface area contributed by atoms with Crippen LogP contribution in [0.5, 0.6) is 28.7 Å². The molecular weight excluding hydrogens is 436 g/mol. The fourth-order valence-electron chi connectivity index (χ4n) is 4.58. The summed E-state index contributed by atoms with van der Waals surface area (Å²) < 4.78 is 34.3. The Bertz CT molecular complexity index is 1020. The molecule has 4 N–H and O–H groups in total. The van der Waals surface area contributed by atoms with Crippen LogP contribution < -0.4 is 23.7 Å². The molecule has 33 heavy (non-hydrogen) atoms. The number of methoxy groups -OCH3 is 2. The molecule has 3 aliphatic rings. The van der Waals surface area contributed by atoms with E-state index in [1.807, 2.05) is 12.1 Å². The van der Waals surface area contributed by atoms with Gasteiger partial charge in [0.25, 0.3) is 0 Å². The van der Waals surface area contributed by atoms with Crippen molar-refractivity contribution in [3.63, 3.8) is 0 Å². The van der Waals surface area contributed by atoms with Gasteiger partial charge in [0.1, 0.15) is 42.0 Å². The first-order valence-electron chi connectivity index (χ1n) is 10.6. The molecule has 5 rings (SSSR count). The first-order chi connectivity index (χ1) is 16.0. The summed E-state index contributed by atoms with van der Waals surface area (Å²) in [6.07, 6.45) is -7.09. The molecule has 2 aromatic rings. The minimum absolute atomic E-state index is 0.0236. The van der Waals surface area contributed by atoms with Gasteiger partial charge in [-0.2, -0.15) is 0 Å². The maximum atomic E-state index is 10.2. The molecule has 1 fully saturated rings. The van der Waals surface area contributed by atoms with Gasteiger partial charge in [0.05, 0.1) is 33.4 Å². The van der Waals surface area contributed by atoms with Crippen LogP contribution >= 0.6 is 0 Å². The Morgan fingerprint density at radius 2 is 1.76 bits per heavy atom. The summed E-state index contributed by atoms with van der Waals surface area (Å²) in [5.41, 5.74) is 1.80. The Morgan fingerprint density at radius 1 is 0.970 bits per heavy atom. The van der Waals surface area contributed by atoms with Crippen molar-refractivity contribution in [2.75, 3.05) is 27.4 Å². The predicted octanol–water partition coefficient (Wildman–Crippen LogP) is 0.492. The first kappa shape index (κ1) is 22.1. The number of ether oxygens (including phenoxy) is 6. The van der Waals surface area contributed by atoms with Gasteiger partial charge in [-0.05, 0) is 18.2 Å². The van der Waals surface area contributed by atoms with Gasteiger partial charge < -0.3 is 48.8 Å². The number of aliphatic hydroxyl groups excluding tert-OH is 4. The van der Waals surface area contributed by atoms with E-state index >= 15 is 0 Å². The van der Waals surface area contributed by atoms with E-state index in [9.17, 15) is 20.4 Å². The smallest absolute Gasteiger partial charge is 0.229 e. The van der Waals surface area contributed by atoms with Crippen LogP contribution in [0.1, 0.15) is 23.1 Å². The van der Waals surface area contributed by atoms with E-state index in [0.717, 1.165) is 11.1 Å². The first-order valence-corrected chi connectivity index (χ1v) is 10.6. The Morgan fingerprint density at radius 3 is 2.48 bits per heavy atom. The molecule has 3 aliphatic heterocycles. The van der Waals surface area contributed by atoms with E-state index in [1.54, 1.807) is 32.4 Å². The van der Waals surface area contributed by atoms with Crippen molar-refractivity contribution in [1.29, 1.82) is 0 Å². The Kier molecular flexibility index (Phi) is 5.71. The Hall–Kier alpha value is -2.76. The number of fused-ring (bicyclic) bond motifs is 5. The normalized spacial score (nSPS) is 32.0. The lowest BCUT2D eigenvalue weighted by molar-refractivity contribution is -0.277. The molecule has 7 atom stereocenters. The minimum atomic E-state index is -1.52. The van der Waals surface area contributed by atoms with Crippen molar-refractivity contribution in [3.8, 4) is 28.7 Å². The van der Waals surface area contributed by atoms with E-state index in [-0.39, 0.29) is 12.0 Å². The Labute approximate surface area is 189 Å². The maximum Gasteiger partial charge on any atom is 0.229 e. The average Bonchev–Trinajstić information content (AvgIpc) is 3.22. The third kappa shape index (κ3) is 3.54. The van der Waals surface area contributed by atoms with Gasteiger partial charge in [0.15, 0.2) is 11.5 Å². The third-order valence-electron chi connectivity index (χ3n) is 6.35. The zero-order valence-corrected chi connectivity index (χ0v) is 18.1. The van der Waals surface area contributed by atoms with E-state index in [2.05, 4.69) is 0 Å². The molecule has 0 radical (unpaired) electrons. The quantitative estimate of drug-likeness (QED) is 0.497. The fraction of sp³-hybridized carbons (Fsp3) is 0.478. The van der Waals surface area contributed by atoms with Crippen LogP contribution in [0.2, 0.25) is 0 Å². The second-order valence-electron chi connectivity index (χ2n) is 8.19. The highest BCUT2D eigenvalue weighted by molar-refractivity contribution is 5.61. The molecule has 0 unspecified atom stereocenters. The number of benzene rings is 2. The van der Waals surface area contributed by atoms with Gasteiger partial charge >= 0.3 is 0 Å². The third-order valence-corrected chi connectivity index (χ3v) is 6.35. The van der Waals surface area contributed by atoms with Crippen molar-refractivity contribution in [2.24, 2.45) is 0 Å². The highest BCUT2D eigenvalue weighted by Crippen LogP contribution is 2.56. The fourth-order valence-corrected chi connectivity index (χ4v) is 4.58. The molecule has 1 saturated heterocycles. The SMILES string of the molecule is COc1ccc2c(c1OC)O[C@@H]1c3ccc(O[C@@H]4O[C@H](CO)[C@@H](O)[C@H](O)[C@H]4O)cc3OC[C@@H]21. The summed E-state index contributed by atoms with van der Waals surface area (Å²) in [5, 5.41) is 39.5. The average molecular weight is 462 g/mol. The van der Waals surface area contributed by atoms with Crippen LogP contribution in [-0.2, 0) is 4.74 Å². The molecule has 0 aliphatic carbocycles. The molecule has 3 heterocycles. The highest BCUT2D eigenvalue weighted by atomic mass is 16.7. The minimum Gasteiger partial charge on any atom is -0.493 e. The monoisotopic (exact) mass is 462 g/mol. The molecule has 0 spiro atoms. The number of hydrogen-bond donors (Lipinski definition) is 4. The predicted molar refractivity (Wildman–Crippen MR) is 112 cm³/mol. The number of rotatable bonds is 5. The maximum absolute atomic E-state index is 10.2. The second kappa shape index (κ2) is 8.54. The molecule has 178 valence electrons. The van der Waals surface area contributed by atoms with E-state index in [4.69, 9.17) is 28.4 Å². The molecule has 2 aromatic carbocycles. The largest absolute Gasteiger partial charge is 0.493 e. The van der Waals surface area contributed by atoms with Gasteiger partial charge in [-0.3, -0.25) is 0 Å². The molecule has 10 nitrogen and oxygen atoms in total. The standard InChI is InChI=1S/C23H26O10/c1-28-14-6-5-11-13-9-30-15-7-10(3-4-12(15)20(13)33-21(11)22(14)29-2)31-23-19(27)18(26)17(25)16(8-24)32-23/h3-7,13,16-20,23-27H,8-9H2,1-2H3/t13-,16+,17+,18-,19+,20+,23+/m0/s1. The van der Waals surface area contributed by atoms with Crippen LogP contribution in [0.25, 0.3) is 0 Å². The van der Waals surface area contributed by atoms with Gasteiger partial charge in [0.2, 0.25) is 12.0 Å². The van der Waals surface area contributed by atoms with E-state index < -0.39 is 37.3 Å². The summed E-state index contributed by atoms with van der Waals surface area (Å²) >= 11 is 0. The van der Waals surface area contributed by atoms with E-state index in [0.29, 0.717) is 35.4 Å². The molecule has 0 amide bonds. The van der Waals surface area contributed by atoms with Crippen molar-refractivity contribution in [2.45, 2.75) is 42.7 Å². The summed E-state index contributed by atoms with van der Waals surface area (Å²) in [6, 6.07) is 8.93. The lowest BCUT2D eigenvalue weighted by Crippen LogP contribution is -2.60. The lowest BCUT2D eigenvalue weighted by Gasteiger charge is -2.39. The van der Waals surface area contributed by atoms with Crippen LogP contribution in [0.15, 0.2) is 30.3 Å². The molecule has 0 bridgehead atoms. The molecule has 10 heteroatoms. The highest BCUT2D eigenvalue weighted by Gasteiger charge is 2.46. The number of hydrogen-bond acceptors (Lipinski definition) is 10. The Balaban J connectivity index is 1.38. The van der Waals surface area contributed by atoms with Crippen molar-refractivity contribution < 1.29 is 48.8 Å². The van der Waals surface area contributed by atoms with Crippen LogP contribution in [0, 0.1) is 0 Å². The lowest BCUT2D eigenvalue weighted by atomic mass is 9.89. The van der Waals surface area contributed by atoms with E-state index in [1.165, 1.54) is 0 Å². The van der Waals surface area contributed by atoms with Crippen LogP contribution in [0.4, 0.5) is 0 Å². The zero-order chi connectivity index (χ0) is 23.3. The summed E-state index contributed by atoms with van der Waals surface area (Å²) in [6.45, 7) is -0.156. The topological polar surface area (TPSA) is 136 Å². The van der Waals surface area contributed by atoms with Gasteiger partial charge in [-0.15, -0.1) is 0 Å². The number of aliphatic hydroxyl groups is 4. The van der Waals surface area contributed by atoms with Crippen LogP contribution in [0.3, 0.4) is 0 Å². The van der Waals surface area contributed by atoms with Crippen molar-refractivity contribution >= 4 is 0 Å². The molecule has 0 saturated carbocycles. The van der Waals surface area contributed by atoms with Crippen molar-refractivity contribution in [3.05, 3.63) is 41.5 Å². The molecule has 0 aromatic heterocycles. The summed E-state index contributed by atoms with van der Waals surface area (Å²) in [4.78, 5) is 0. The summed E-state index contributed by atoms with van der Waals surface area (Å²) in [7, 11) is 3.14. The van der Waals surface area contributed by atoms with Gasteiger partial charge in [0, 0.05) is 17.2 Å². The van der Waals surface area contributed by atoms with Crippen molar-refractivity contribution in [1.82, 2.24) is 0 Å². The van der Waals surface area contributed by atoms with Gasteiger partial charge in [-0.1, -0.05) is 6.07 Å². The zero-order valence-electron chi connectivity index (χ0n) is 18.1. The summed E-state index contributed by atoms with van der Waals surface area (Å²) in [5.74, 6) is 2.60. The molecular formula is C23H26O10. The van der Waals surface area contributed by atoms with Gasteiger partial charge in [-0.25, -0.2) is 0 Å². The second-order valence-corrected chi connectivity index (χ2v) is 8.19.